The summed E-state index contributed by atoms with van der Waals surface area (Å²) in [6.45, 7) is 2.40. The van der Waals surface area contributed by atoms with Crippen molar-refractivity contribution in [3.63, 3.8) is 0 Å². The Kier molecular flexibility index (Phi) is 6.07. The highest BCUT2D eigenvalue weighted by atomic mass is 16.5. The van der Waals surface area contributed by atoms with E-state index in [1.807, 2.05) is 31.2 Å². The Bertz CT molecular complexity index is 1430. The molecule has 1 aromatic carbocycles. The average Bonchev–Trinajstić information content (AvgIpc) is 3.45. The first-order valence-corrected chi connectivity index (χ1v) is 11.5. The topological polar surface area (TPSA) is 107 Å². The zero-order valence-corrected chi connectivity index (χ0v) is 19.0. The summed E-state index contributed by atoms with van der Waals surface area (Å²) in [7, 11) is 0. The molecule has 4 aromatic rings. The fourth-order valence-corrected chi connectivity index (χ4v) is 4.23. The number of nitrogens with one attached hydrogen (secondary N) is 1. The Morgan fingerprint density at radius 2 is 2.12 bits per heavy atom. The molecule has 0 bridgehead atoms. The number of carbonyl (C=O) groups excluding carboxylic acids is 1. The molecule has 0 atom stereocenters. The van der Waals surface area contributed by atoms with Gasteiger partial charge in [0.2, 0.25) is 11.7 Å². The summed E-state index contributed by atoms with van der Waals surface area (Å²) in [4.78, 5) is 29.8. The standard InChI is InChI=1S/C25H26N6O3/c1-17-7-5-10-19(15-17)22-27-24(34-29-22)20-11-6-14-30-23(20)28-31(25(30)33)16-21(32)26-13-12-18-8-3-2-4-9-18/h5-8,10-11,14-15H,2-4,9,12-13,16H2,1H3,(H,26,32). The highest BCUT2D eigenvalue weighted by Crippen LogP contribution is 2.25. The van der Waals surface area contributed by atoms with Crippen LogP contribution in [-0.2, 0) is 11.3 Å². The first-order valence-electron chi connectivity index (χ1n) is 11.5. The van der Waals surface area contributed by atoms with E-state index in [0.29, 0.717) is 23.6 Å². The summed E-state index contributed by atoms with van der Waals surface area (Å²) >= 11 is 0. The van der Waals surface area contributed by atoms with Gasteiger partial charge >= 0.3 is 5.69 Å². The van der Waals surface area contributed by atoms with Gasteiger partial charge in [0.25, 0.3) is 5.89 Å². The Labute approximate surface area is 196 Å². The molecule has 3 aromatic heterocycles. The second kappa shape index (κ2) is 9.46. The molecule has 3 heterocycles. The molecule has 1 N–H and O–H groups in total. The second-order valence-corrected chi connectivity index (χ2v) is 8.56. The van der Waals surface area contributed by atoms with E-state index in [2.05, 4.69) is 26.6 Å². The van der Waals surface area contributed by atoms with Crippen molar-refractivity contribution < 1.29 is 9.32 Å². The van der Waals surface area contributed by atoms with Crippen molar-refractivity contribution in [3.8, 4) is 22.8 Å². The summed E-state index contributed by atoms with van der Waals surface area (Å²) in [6.07, 6.45) is 9.40. The van der Waals surface area contributed by atoms with E-state index in [1.54, 1.807) is 18.3 Å². The third kappa shape index (κ3) is 4.54. The van der Waals surface area contributed by atoms with Crippen molar-refractivity contribution in [1.82, 2.24) is 29.6 Å². The summed E-state index contributed by atoms with van der Waals surface area (Å²) in [5.74, 6) is 0.461. The summed E-state index contributed by atoms with van der Waals surface area (Å²) in [5, 5.41) is 11.4. The van der Waals surface area contributed by atoms with Crippen LogP contribution in [0.2, 0.25) is 0 Å². The first kappa shape index (κ1) is 21.8. The number of amides is 1. The third-order valence-electron chi connectivity index (χ3n) is 5.99. The van der Waals surface area contributed by atoms with Crippen LogP contribution in [0.15, 0.2) is 63.6 Å². The monoisotopic (exact) mass is 458 g/mol. The molecule has 0 unspecified atom stereocenters. The normalized spacial score (nSPS) is 13.7. The SMILES string of the molecule is Cc1cccc(-c2noc(-c3cccn4c(=O)n(CC(=O)NCCC5=CCCCC5)nc34)n2)c1. The van der Waals surface area contributed by atoms with Crippen molar-refractivity contribution in [1.29, 1.82) is 0 Å². The lowest BCUT2D eigenvalue weighted by atomic mass is 9.97. The number of rotatable bonds is 7. The van der Waals surface area contributed by atoms with Crippen molar-refractivity contribution in [2.45, 2.75) is 45.6 Å². The molecule has 0 fully saturated rings. The molecule has 0 saturated carbocycles. The van der Waals surface area contributed by atoms with E-state index in [9.17, 15) is 9.59 Å². The number of aryl methyl sites for hydroxylation is 1. The Morgan fingerprint density at radius 3 is 2.94 bits per heavy atom. The molecule has 0 saturated heterocycles. The second-order valence-electron chi connectivity index (χ2n) is 8.56. The van der Waals surface area contributed by atoms with E-state index in [1.165, 1.54) is 22.8 Å². The van der Waals surface area contributed by atoms with Gasteiger partial charge in [-0.25, -0.2) is 13.9 Å². The molecule has 1 aliphatic carbocycles. The predicted molar refractivity (Wildman–Crippen MR) is 127 cm³/mol. The van der Waals surface area contributed by atoms with Crippen LogP contribution >= 0.6 is 0 Å². The molecule has 5 rings (SSSR count). The van der Waals surface area contributed by atoms with E-state index >= 15 is 0 Å². The largest absolute Gasteiger partial charge is 0.354 e. The van der Waals surface area contributed by atoms with Crippen LogP contribution in [-0.4, -0.2) is 36.8 Å². The Balaban J connectivity index is 1.34. The van der Waals surface area contributed by atoms with Crippen LogP contribution in [0.4, 0.5) is 0 Å². The number of pyridine rings is 1. The van der Waals surface area contributed by atoms with Crippen LogP contribution in [0.25, 0.3) is 28.5 Å². The van der Waals surface area contributed by atoms with Crippen LogP contribution in [0, 0.1) is 6.92 Å². The van der Waals surface area contributed by atoms with E-state index in [0.717, 1.165) is 35.1 Å². The van der Waals surface area contributed by atoms with Crippen molar-refractivity contribution >= 4 is 11.6 Å². The van der Waals surface area contributed by atoms with Gasteiger partial charge in [-0.1, -0.05) is 40.6 Å². The lowest BCUT2D eigenvalue weighted by molar-refractivity contribution is -0.121. The summed E-state index contributed by atoms with van der Waals surface area (Å²) in [5.41, 5.74) is 3.79. The molecule has 9 heteroatoms. The Hall–Kier alpha value is -4.01. The van der Waals surface area contributed by atoms with Gasteiger partial charge in [0.1, 0.15) is 6.54 Å². The lowest BCUT2D eigenvalue weighted by Gasteiger charge is -2.12. The molecular weight excluding hydrogens is 432 g/mol. The number of allylic oxidation sites excluding steroid dienone is 1. The van der Waals surface area contributed by atoms with Crippen LogP contribution in [0.5, 0.6) is 0 Å². The van der Waals surface area contributed by atoms with Gasteiger partial charge in [0.05, 0.1) is 5.56 Å². The molecule has 1 aliphatic rings. The van der Waals surface area contributed by atoms with Gasteiger partial charge in [-0.3, -0.25) is 4.79 Å². The number of fused-ring (bicyclic) bond motifs is 1. The van der Waals surface area contributed by atoms with E-state index in [4.69, 9.17) is 4.52 Å². The average molecular weight is 459 g/mol. The minimum Gasteiger partial charge on any atom is -0.354 e. The molecule has 1 amide bonds. The van der Waals surface area contributed by atoms with Gasteiger partial charge in [0.15, 0.2) is 5.65 Å². The maximum atomic E-state index is 12.8. The summed E-state index contributed by atoms with van der Waals surface area (Å²) in [6, 6.07) is 11.3. The fraction of sp³-hybridized carbons (Fsp3) is 0.320. The third-order valence-corrected chi connectivity index (χ3v) is 5.99. The minimum atomic E-state index is -0.402. The highest BCUT2D eigenvalue weighted by Gasteiger charge is 2.18. The maximum absolute atomic E-state index is 12.8. The molecule has 0 spiro atoms. The molecule has 9 nitrogen and oxygen atoms in total. The molecule has 0 radical (unpaired) electrons. The number of nitrogens with zero attached hydrogens (tertiary/aromatic N) is 5. The highest BCUT2D eigenvalue weighted by molar-refractivity contribution is 5.76. The fourth-order valence-electron chi connectivity index (χ4n) is 4.23. The van der Waals surface area contributed by atoms with Crippen LogP contribution in [0.3, 0.4) is 0 Å². The molecule has 174 valence electrons. The number of aromatic nitrogens is 5. The summed E-state index contributed by atoms with van der Waals surface area (Å²) < 4.78 is 8.02. The first-order chi connectivity index (χ1) is 16.6. The van der Waals surface area contributed by atoms with Gasteiger partial charge in [-0.2, -0.15) is 4.98 Å². The number of carbonyl (C=O) groups is 1. The van der Waals surface area contributed by atoms with E-state index in [-0.39, 0.29) is 18.3 Å². The lowest BCUT2D eigenvalue weighted by Crippen LogP contribution is -2.33. The van der Waals surface area contributed by atoms with Gasteiger partial charge < -0.3 is 9.84 Å². The smallest absolute Gasteiger partial charge is 0.350 e. The van der Waals surface area contributed by atoms with Crippen molar-refractivity contribution in [2.24, 2.45) is 0 Å². The maximum Gasteiger partial charge on any atom is 0.350 e. The zero-order chi connectivity index (χ0) is 23.5. The molecular formula is C25H26N6O3. The number of hydrogen-bond acceptors (Lipinski definition) is 6. The predicted octanol–water partition coefficient (Wildman–Crippen LogP) is 3.53. The van der Waals surface area contributed by atoms with Gasteiger partial charge in [-0.05, 0) is 57.2 Å². The number of benzene rings is 1. The van der Waals surface area contributed by atoms with Crippen LogP contribution in [0.1, 0.15) is 37.7 Å². The van der Waals surface area contributed by atoms with Crippen molar-refractivity contribution in [3.05, 3.63) is 70.3 Å². The molecule has 34 heavy (non-hydrogen) atoms. The van der Waals surface area contributed by atoms with E-state index < -0.39 is 5.69 Å². The minimum absolute atomic E-state index is 0.155. The van der Waals surface area contributed by atoms with Crippen molar-refractivity contribution in [2.75, 3.05) is 6.54 Å². The number of hydrogen-bond donors (Lipinski definition) is 1. The van der Waals surface area contributed by atoms with Gasteiger partial charge in [-0.15, -0.1) is 5.10 Å². The van der Waals surface area contributed by atoms with Crippen LogP contribution < -0.4 is 11.0 Å². The zero-order valence-electron chi connectivity index (χ0n) is 19.0. The quantitative estimate of drug-likeness (QED) is 0.425. The van der Waals surface area contributed by atoms with Gasteiger partial charge in [0, 0.05) is 18.3 Å². The molecule has 0 aliphatic heterocycles. The Morgan fingerprint density at radius 1 is 1.21 bits per heavy atom.